The third kappa shape index (κ3) is 3.86. The molecule has 0 fully saturated rings. The lowest BCUT2D eigenvalue weighted by Gasteiger charge is -2.21. The van der Waals surface area contributed by atoms with Crippen LogP contribution in [0.2, 0.25) is 0 Å². The van der Waals surface area contributed by atoms with Crippen molar-refractivity contribution in [1.29, 1.82) is 0 Å². The molecule has 0 saturated heterocycles. The molecule has 2 nitrogen and oxygen atoms in total. The number of ether oxygens (including phenoxy) is 1. The van der Waals surface area contributed by atoms with Gasteiger partial charge in [-0.2, -0.15) is 0 Å². The van der Waals surface area contributed by atoms with Gasteiger partial charge >= 0.3 is 0 Å². The van der Waals surface area contributed by atoms with Crippen LogP contribution in [0.4, 0.5) is 0 Å². The number of halogens is 1. The fraction of sp³-hybridized carbons (Fsp3) is 0.333. The first-order valence-electron chi connectivity index (χ1n) is 7.12. The molecular weight excluding hydrogens is 326 g/mol. The van der Waals surface area contributed by atoms with E-state index in [1.165, 1.54) is 22.3 Å². The van der Waals surface area contributed by atoms with Crippen molar-refractivity contribution in [2.24, 2.45) is 0 Å². The van der Waals surface area contributed by atoms with Gasteiger partial charge in [0.2, 0.25) is 0 Å². The van der Waals surface area contributed by atoms with Gasteiger partial charge in [-0.15, -0.1) is 0 Å². The Bertz CT molecular complexity index is 625. The van der Waals surface area contributed by atoms with Crippen molar-refractivity contribution in [2.45, 2.75) is 26.3 Å². The molecule has 2 rings (SSSR count). The van der Waals surface area contributed by atoms with Crippen LogP contribution in [0.3, 0.4) is 0 Å². The van der Waals surface area contributed by atoms with Crippen LogP contribution in [-0.2, 0) is 6.42 Å². The molecule has 0 aromatic heterocycles. The largest absolute Gasteiger partial charge is 0.496 e. The van der Waals surface area contributed by atoms with Crippen LogP contribution in [0.1, 0.15) is 28.3 Å². The zero-order valence-electron chi connectivity index (χ0n) is 13.0. The Morgan fingerprint density at radius 2 is 1.90 bits per heavy atom. The molecule has 1 atom stereocenters. The normalized spacial score (nSPS) is 12.2. The molecule has 0 saturated carbocycles. The fourth-order valence-corrected chi connectivity index (χ4v) is 3.16. The minimum absolute atomic E-state index is 0.272. The number of likely N-dealkylation sites (N-methyl/N-ethyl adjacent to an activating group) is 1. The van der Waals surface area contributed by atoms with E-state index in [0.717, 1.165) is 16.6 Å². The van der Waals surface area contributed by atoms with Crippen molar-refractivity contribution >= 4 is 15.9 Å². The topological polar surface area (TPSA) is 21.3 Å². The number of rotatable bonds is 5. The molecule has 0 bridgehead atoms. The van der Waals surface area contributed by atoms with E-state index in [1.807, 2.05) is 13.1 Å². The molecule has 2 aromatic carbocycles. The van der Waals surface area contributed by atoms with E-state index >= 15 is 0 Å². The molecule has 0 aliphatic heterocycles. The van der Waals surface area contributed by atoms with Crippen LogP contribution in [0.25, 0.3) is 0 Å². The van der Waals surface area contributed by atoms with Crippen LogP contribution in [0.15, 0.2) is 40.9 Å². The van der Waals surface area contributed by atoms with Gasteiger partial charge in [-0.1, -0.05) is 39.7 Å². The van der Waals surface area contributed by atoms with Gasteiger partial charge in [0, 0.05) is 10.5 Å². The molecule has 112 valence electrons. The third-order valence-electron chi connectivity index (χ3n) is 3.82. The quantitative estimate of drug-likeness (QED) is 0.854. The van der Waals surface area contributed by atoms with Crippen LogP contribution in [0.5, 0.6) is 5.75 Å². The number of methoxy groups -OCH3 is 1. The SMILES string of the molecule is CNC(Cc1cc(C)ccc1OC)c1ccc(Br)cc1C. The zero-order chi connectivity index (χ0) is 15.4. The molecule has 0 radical (unpaired) electrons. The lowest BCUT2D eigenvalue weighted by atomic mass is 9.94. The molecular formula is C18H22BrNO. The molecule has 3 heteroatoms. The molecule has 1 unspecified atom stereocenters. The second kappa shape index (κ2) is 7.10. The maximum Gasteiger partial charge on any atom is 0.122 e. The Morgan fingerprint density at radius 3 is 2.52 bits per heavy atom. The Hall–Kier alpha value is -1.32. The summed E-state index contributed by atoms with van der Waals surface area (Å²) in [7, 11) is 3.74. The molecule has 0 spiro atoms. The van der Waals surface area contributed by atoms with E-state index in [1.54, 1.807) is 7.11 Å². The maximum absolute atomic E-state index is 5.50. The Morgan fingerprint density at radius 1 is 1.14 bits per heavy atom. The maximum atomic E-state index is 5.50. The minimum atomic E-state index is 0.272. The van der Waals surface area contributed by atoms with Gasteiger partial charge < -0.3 is 10.1 Å². The van der Waals surface area contributed by atoms with E-state index in [0.29, 0.717) is 0 Å². The lowest BCUT2D eigenvalue weighted by Crippen LogP contribution is -2.20. The number of nitrogens with one attached hydrogen (secondary N) is 1. The van der Waals surface area contributed by atoms with Crippen molar-refractivity contribution in [3.05, 3.63) is 63.1 Å². The fourth-order valence-electron chi connectivity index (χ4n) is 2.68. The van der Waals surface area contributed by atoms with E-state index in [2.05, 4.69) is 65.4 Å². The zero-order valence-corrected chi connectivity index (χ0v) is 14.6. The van der Waals surface area contributed by atoms with Crippen molar-refractivity contribution in [1.82, 2.24) is 5.32 Å². The molecule has 2 aromatic rings. The standard InChI is InChI=1S/C18H22BrNO/c1-12-5-8-18(21-4)14(9-12)11-17(20-3)16-7-6-15(19)10-13(16)2/h5-10,17,20H,11H2,1-4H3. The van der Waals surface area contributed by atoms with Crippen LogP contribution >= 0.6 is 15.9 Å². The summed E-state index contributed by atoms with van der Waals surface area (Å²) in [6, 6.07) is 13.1. The van der Waals surface area contributed by atoms with Crippen molar-refractivity contribution in [3.8, 4) is 5.75 Å². The third-order valence-corrected chi connectivity index (χ3v) is 4.31. The summed E-state index contributed by atoms with van der Waals surface area (Å²) >= 11 is 3.53. The van der Waals surface area contributed by atoms with Gasteiger partial charge in [0.05, 0.1) is 7.11 Å². The highest BCUT2D eigenvalue weighted by molar-refractivity contribution is 9.10. The Balaban J connectivity index is 2.33. The second-order valence-electron chi connectivity index (χ2n) is 5.36. The summed E-state index contributed by atoms with van der Waals surface area (Å²) in [5.41, 5.74) is 5.10. The average molecular weight is 348 g/mol. The van der Waals surface area contributed by atoms with E-state index < -0.39 is 0 Å². The van der Waals surface area contributed by atoms with E-state index in [4.69, 9.17) is 4.74 Å². The lowest BCUT2D eigenvalue weighted by molar-refractivity contribution is 0.406. The van der Waals surface area contributed by atoms with Crippen LogP contribution < -0.4 is 10.1 Å². The summed E-state index contributed by atoms with van der Waals surface area (Å²) in [5.74, 6) is 0.954. The first-order valence-corrected chi connectivity index (χ1v) is 7.91. The van der Waals surface area contributed by atoms with Crippen molar-refractivity contribution in [2.75, 3.05) is 14.2 Å². The Kier molecular flexibility index (Phi) is 5.43. The number of hydrogen-bond donors (Lipinski definition) is 1. The van der Waals surface area contributed by atoms with Gasteiger partial charge in [0.1, 0.15) is 5.75 Å². The first kappa shape index (κ1) is 16.1. The van der Waals surface area contributed by atoms with Gasteiger partial charge in [0.25, 0.3) is 0 Å². The van der Waals surface area contributed by atoms with E-state index in [9.17, 15) is 0 Å². The van der Waals surface area contributed by atoms with Crippen molar-refractivity contribution < 1.29 is 4.74 Å². The molecule has 0 aliphatic rings. The van der Waals surface area contributed by atoms with E-state index in [-0.39, 0.29) is 6.04 Å². The summed E-state index contributed by atoms with van der Waals surface area (Å²) in [6.07, 6.45) is 0.907. The predicted octanol–water partition coefficient (Wildman–Crippen LogP) is 4.58. The smallest absolute Gasteiger partial charge is 0.122 e. The van der Waals surface area contributed by atoms with Gasteiger partial charge in [0.15, 0.2) is 0 Å². The number of benzene rings is 2. The Labute approximate surface area is 135 Å². The molecule has 1 N–H and O–H groups in total. The summed E-state index contributed by atoms with van der Waals surface area (Å²) in [6.45, 7) is 4.26. The van der Waals surface area contributed by atoms with Crippen molar-refractivity contribution in [3.63, 3.8) is 0 Å². The highest BCUT2D eigenvalue weighted by Crippen LogP contribution is 2.28. The minimum Gasteiger partial charge on any atom is -0.496 e. The second-order valence-corrected chi connectivity index (χ2v) is 6.28. The highest BCUT2D eigenvalue weighted by atomic mass is 79.9. The van der Waals surface area contributed by atoms with Gasteiger partial charge in [-0.3, -0.25) is 0 Å². The molecule has 21 heavy (non-hydrogen) atoms. The monoisotopic (exact) mass is 347 g/mol. The average Bonchev–Trinajstić information content (AvgIpc) is 2.45. The summed E-state index contributed by atoms with van der Waals surface area (Å²) in [5, 5.41) is 3.43. The summed E-state index contributed by atoms with van der Waals surface area (Å²) < 4.78 is 6.61. The highest BCUT2D eigenvalue weighted by Gasteiger charge is 2.15. The first-order chi connectivity index (χ1) is 10.0. The van der Waals surface area contributed by atoms with Gasteiger partial charge in [-0.05, 0) is 62.2 Å². The molecule has 0 heterocycles. The predicted molar refractivity (Wildman–Crippen MR) is 92.1 cm³/mol. The summed E-state index contributed by atoms with van der Waals surface area (Å²) in [4.78, 5) is 0. The van der Waals surface area contributed by atoms with Gasteiger partial charge in [-0.25, -0.2) is 0 Å². The van der Waals surface area contributed by atoms with Crippen LogP contribution in [-0.4, -0.2) is 14.2 Å². The molecule has 0 amide bonds. The van der Waals surface area contributed by atoms with Crippen LogP contribution in [0, 0.1) is 13.8 Å². The number of aryl methyl sites for hydroxylation is 2. The molecule has 0 aliphatic carbocycles. The number of hydrogen-bond acceptors (Lipinski definition) is 2.